The van der Waals surface area contributed by atoms with Crippen molar-refractivity contribution in [1.82, 2.24) is 10.2 Å². The van der Waals surface area contributed by atoms with Crippen LogP contribution in [-0.2, 0) is 17.9 Å². The molecule has 0 aromatic heterocycles. The second-order valence-corrected chi connectivity index (χ2v) is 6.71. The normalized spacial score (nSPS) is 14.9. The first kappa shape index (κ1) is 19.7. The van der Waals surface area contributed by atoms with Gasteiger partial charge in [0.1, 0.15) is 6.61 Å². The molecule has 1 saturated heterocycles. The molecule has 0 radical (unpaired) electrons. The van der Waals surface area contributed by atoms with Gasteiger partial charge in [-0.15, -0.1) is 0 Å². The minimum absolute atomic E-state index is 0.533. The molecular formula is C22H30N2O3. The van der Waals surface area contributed by atoms with Crippen LogP contribution in [0.5, 0.6) is 11.5 Å². The number of hydrogen-bond acceptors (Lipinski definition) is 5. The summed E-state index contributed by atoms with van der Waals surface area (Å²) in [5.74, 6) is 1.60. The van der Waals surface area contributed by atoms with E-state index in [4.69, 9.17) is 14.2 Å². The molecule has 1 heterocycles. The van der Waals surface area contributed by atoms with Crippen LogP contribution in [0.25, 0.3) is 0 Å². The molecule has 1 aliphatic rings. The Balaban J connectivity index is 1.49. The van der Waals surface area contributed by atoms with Crippen LogP contribution in [0, 0.1) is 0 Å². The Hall–Kier alpha value is -2.08. The molecule has 0 bridgehead atoms. The lowest BCUT2D eigenvalue weighted by Crippen LogP contribution is -2.37. The quantitative estimate of drug-likeness (QED) is 0.651. The highest BCUT2D eigenvalue weighted by molar-refractivity contribution is 5.46. The van der Waals surface area contributed by atoms with Crippen LogP contribution in [0.1, 0.15) is 17.5 Å². The molecule has 1 aliphatic heterocycles. The van der Waals surface area contributed by atoms with Crippen LogP contribution in [0.15, 0.2) is 48.5 Å². The molecular weight excluding hydrogens is 340 g/mol. The first-order chi connectivity index (χ1) is 13.4. The van der Waals surface area contributed by atoms with E-state index >= 15 is 0 Å². The van der Waals surface area contributed by atoms with E-state index in [0.717, 1.165) is 75.0 Å². The summed E-state index contributed by atoms with van der Waals surface area (Å²) in [5.41, 5.74) is 2.27. The maximum Gasteiger partial charge on any atom is 0.166 e. The first-order valence-corrected chi connectivity index (χ1v) is 9.70. The maximum absolute atomic E-state index is 6.11. The smallest absolute Gasteiger partial charge is 0.166 e. The van der Waals surface area contributed by atoms with Crippen molar-refractivity contribution >= 4 is 0 Å². The summed E-state index contributed by atoms with van der Waals surface area (Å²) < 4.78 is 17.0. The standard InChI is InChI=1S/C22H30N2O3/c1-25-21-10-5-9-20(22(21)27-18-19-7-3-2-4-8-19)17-23-11-6-12-24-13-15-26-16-14-24/h2-5,7-10,23H,6,11-18H2,1H3. The predicted octanol–water partition coefficient (Wildman–Crippen LogP) is 3.09. The molecule has 0 unspecified atom stereocenters. The van der Waals surface area contributed by atoms with E-state index in [-0.39, 0.29) is 0 Å². The summed E-state index contributed by atoms with van der Waals surface area (Å²) in [6, 6.07) is 16.3. The molecule has 3 rings (SSSR count). The second kappa shape index (κ2) is 10.9. The minimum atomic E-state index is 0.533. The molecule has 27 heavy (non-hydrogen) atoms. The number of para-hydroxylation sites is 1. The molecule has 0 saturated carbocycles. The van der Waals surface area contributed by atoms with Crippen molar-refractivity contribution in [3.05, 3.63) is 59.7 Å². The van der Waals surface area contributed by atoms with E-state index < -0.39 is 0 Å². The van der Waals surface area contributed by atoms with Crippen molar-refractivity contribution in [3.63, 3.8) is 0 Å². The number of benzene rings is 2. The molecule has 2 aromatic rings. The van der Waals surface area contributed by atoms with Gasteiger partial charge in [-0.3, -0.25) is 4.90 Å². The molecule has 1 fully saturated rings. The maximum atomic E-state index is 6.11. The van der Waals surface area contributed by atoms with Crippen LogP contribution in [0.4, 0.5) is 0 Å². The average molecular weight is 370 g/mol. The number of morpholine rings is 1. The van der Waals surface area contributed by atoms with Gasteiger partial charge in [0.2, 0.25) is 0 Å². The number of nitrogens with zero attached hydrogens (tertiary/aromatic N) is 1. The Morgan fingerprint density at radius 2 is 1.85 bits per heavy atom. The molecule has 0 atom stereocenters. The topological polar surface area (TPSA) is 43.0 Å². The zero-order valence-electron chi connectivity index (χ0n) is 16.2. The monoisotopic (exact) mass is 370 g/mol. The van der Waals surface area contributed by atoms with Crippen molar-refractivity contribution in [2.45, 2.75) is 19.6 Å². The Morgan fingerprint density at radius 3 is 2.63 bits per heavy atom. The van der Waals surface area contributed by atoms with E-state index in [1.54, 1.807) is 7.11 Å². The summed E-state index contributed by atoms with van der Waals surface area (Å²) in [6.45, 7) is 7.22. The fourth-order valence-corrected chi connectivity index (χ4v) is 3.23. The van der Waals surface area contributed by atoms with Crippen LogP contribution in [0.3, 0.4) is 0 Å². The van der Waals surface area contributed by atoms with Crippen LogP contribution < -0.4 is 14.8 Å². The van der Waals surface area contributed by atoms with E-state index in [2.05, 4.69) is 28.4 Å². The summed E-state index contributed by atoms with van der Waals surface area (Å²) >= 11 is 0. The van der Waals surface area contributed by atoms with Crippen molar-refractivity contribution in [2.75, 3.05) is 46.5 Å². The molecule has 146 valence electrons. The number of ether oxygens (including phenoxy) is 3. The van der Waals surface area contributed by atoms with Gasteiger partial charge in [-0.1, -0.05) is 42.5 Å². The molecule has 5 nitrogen and oxygen atoms in total. The van der Waals surface area contributed by atoms with E-state index in [9.17, 15) is 0 Å². The number of methoxy groups -OCH3 is 1. The van der Waals surface area contributed by atoms with Crippen molar-refractivity contribution in [3.8, 4) is 11.5 Å². The van der Waals surface area contributed by atoms with Gasteiger partial charge in [0.05, 0.1) is 20.3 Å². The highest BCUT2D eigenvalue weighted by Gasteiger charge is 2.12. The van der Waals surface area contributed by atoms with Crippen LogP contribution in [-0.4, -0.2) is 51.4 Å². The molecule has 0 aliphatic carbocycles. The average Bonchev–Trinajstić information content (AvgIpc) is 2.73. The lowest BCUT2D eigenvalue weighted by molar-refractivity contribution is 0.0374. The van der Waals surface area contributed by atoms with Gasteiger partial charge in [-0.25, -0.2) is 0 Å². The highest BCUT2D eigenvalue weighted by atomic mass is 16.5. The zero-order chi connectivity index (χ0) is 18.7. The van der Waals surface area contributed by atoms with E-state index in [1.165, 1.54) is 0 Å². The van der Waals surface area contributed by atoms with Crippen molar-refractivity contribution < 1.29 is 14.2 Å². The van der Waals surface area contributed by atoms with Gasteiger partial charge in [-0.05, 0) is 31.1 Å². The third-order valence-electron chi connectivity index (χ3n) is 4.75. The number of rotatable bonds is 10. The Morgan fingerprint density at radius 1 is 1.04 bits per heavy atom. The third kappa shape index (κ3) is 6.24. The predicted molar refractivity (Wildman–Crippen MR) is 107 cm³/mol. The number of hydrogen-bond donors (Lipinski definition) is 1. The van der Waals surface area contributed by atoms with Gasteiger partial charge >= 0.3 is 0 Å². The largest absolute Gasteiger partial charge is 0.493 e. The van der Waals surface area contributed by atoms with Crippen LogP contribution >= 0.6 is 0 Å². The minimum Gasteiger partial charge on any atom is -0.493 e. The molecule has 2 aromatic carbocycles. The summed E-state index contributed by atoms with van der Waals surface area (Å²) in [7, 11) is 1.68. The lowest BCUT2D eigenvalue weighted by atomic mass is 10.1. The van der Waals surface area contributed by atoms with Crippen LogP contribution in [0.2, 0.25) is 0 Å². The Labute approximate surface area is 162 Å². The van der Waals surface area contributed by atoms with Gasteiger partial charge in [-0.2, -0.15) is 0 Å². The molecule has 5 heteroatoms. The van der Waals surface area contributed by atoms with Crippen molar-refractivity contribution in [2.24, 2.45) is 0 Å². The highest BCUT2D eigenvalue weighted by Crippen LogP contribution is 2.31. The van der Waals surface area contributed by atoms with Gasteiger partial charge in [0.15, 0.2) is 11.5 Å². The second-order valence-electron chi connectivity index (χ2n) is 6.71. The Kier molecular flexibility index (Phi) is 7.96. The summed E-state index contributed by atoms with van der Waals surface area (Å²) in [5, 5.41) is 3.54. The van der Waals surface area contributed by atoms with Crippen molar-refractivity contribution in [1.29, 1.82) is 0 Å². The lowest BCUT2D eigenvalue weighted by Gasteiger charge is -2.26. The molecule has 0 amide bonds. The first-order valence-electron chi connectivity index (χ1n) is 9.70. The summed E-state index contributed by atoms with van der Waals surface area (Å²) in [6.07, 6.45) is 1.13. The van der Waals surface area contributed by atoms with E-state index in [1.807, 2.05) is 30.3 Å². The zero-order valence-corrected chi connectivity index (χ0v) is 16.2. The molecule has 0 spiro atoms. The summed E-state index contributed by atoms with van der Waals surface area (Å²) in [4.78, 5) is 2.46. The van der Waals surface area contributed by atoms with E-state index in [0.29, 0.717) is 6.61 Å². The fourth-order valence-electron chi connectivity index (χ4n) is 3.23. The third-order valence-corrected chi connectivity index (χ3v) is 4.75. The number of nitrogens with one attached hydrogen (secondary N) is 1. The SMILES string of the molecule is COc1cccc(CNCCCN2CCOCC2)c1OCc1ccccc1. The van der Waals surface area contributed by atoms with Gasteiger partial charge < -0.3 is 19.5 Å². The van der Waals surface area contributed by atoms with Gasteiger partial charge in [0, 0.05) is 25.2 Å². The van der Waals surface area contributed by atoms with Gasteiger partial charge in [0.25, 0.3) is 0 Å². The molecule has 1 N–H and O–H groups in total. The fraction of sp³-hybridized carbons (Fsp3) is 0.455. The Bertz CT molecular complexity index is 673.